The lowest BCUT2D eigenvalue weighted by Crippen LogP contribution is -2.20. The molecule has 3 rings (SSSR count). The van der Waals surface area contributed by atoms with Gasteiger partial charge in [-0.1, -0.05) is 23.2 Å². The van der Waals surface area contributed by atoms with Crippen LogP contribution in [0.15, 0.2) is 70.2 Å². The highest BCUT2D eigenvalue weighted by Crippen LogP contribution is 2.19. The van der Waals surface area contributed by atoms with Crippen LogP contribution in [0.25, 0.3) is 0 Å². The maximum Gasteiger partial charge on any atom is 0.271 e. The van der Waals surface area contributed by atoms with Crippen LogP contribution < -0.4 is 10.1 Å². The van der Waals surface area contributed by atoms with Gasteiger partial charge in [0.15, 0.2) is 0 Å². The van der Waals surface area contributed by atoms with Crippen molar-refractivity contribution in [3.63, 3.8) is 0 Å². The van der Waals surface area contributed by atoms with Crippen LogP contribution in [0.5, 0.6) is 0 Å². The molecule has 1 aliphatic rings. The number of benzene rings is 2. The van der Waals surface area contributed by atoms with E-state index in [-0.39, 0.29) is 10.5 Å². The Labute approximate surface area is 163 Å². The molecule has 0 aliphatic heterocycles. The number of sulfonamides is 1. The highest BCUT2D eigenvalue weighted by Gasteiger charge is 2.17. The Kier molecular flexibility index (Phi) is 5.62. The molecule has 0 atom stereocenters. The van der Waals surface area contributed by atoms with Gasteiger partial charge in [-0.25, -0.2) is 13.8 Å². The molecule has 0 aromatic heterocycles. The van der Waals surface area contributed by atoms with E-state index < -0.39 is 15.9 Å². The first-order valence-electron chi connectivity index (χ1n) is 8.26. The summed E-state index contributed by atoms with van der Waals surface area (Å²) in [4.78, 5) is 12.3. The van der Waals surface area contributed by atoms with Crippen LogP contribution in [0, 0.1) is 0 Å². The van der Waals surface area contributed by atoms with Crippen LogP contribution >= 0.6 is 11.6 Å². The third-order valence-corrected chi connectivity index (χ3v) is 5.62. The molecule has 6 nitrogen and oxygen atoms in total. The minimum atomic E-state index is -3.84. The molecule has 0 saturated heterocycles. The summed E-state index contributed by atoms with van der Waals surface area (Å²) >= 11 is 5.80. The van der Waals surface area contributed by atoms with Gasteiger partial charge in [-0.2, -0.15) is 5.10 Å². The van der Waals surface area contributed by atoms with Crippen LogP contribution in [0.4, 0.5) is 5.69 Å². The summed E-state index contributed by atoms with van der Waals surface area (Å²) in [5, 5.41) is 4.59. The number of anilines is 1. The molecule has 0 heterocycles. The van der Waals surface area contributed by atoms with Crippen LogP contribution in [-0.2, 0) is 10.0 Å². The number of hydrogen-bond donors (Lipinski definition) is 2. The SMILES string of the molecule is CC1=C/C(=N\NC(=O)c2cccc(S(=O)(=O)Nc3ccc(Cl)cc3)c2)CC1. The molecule has 27 heavy (non-hydrogen) atoms. The van der Waals surface area contributed by atoms with Crippen LogP contribution in [0.1, 0.15) is 30.1 Å². The van der Waals surface area contributed by atoms with E-state index in [0.717, 1.165) is 18.6 Å². The molecule has 2 aromatic rings. The number of hydrazone groups is 1. The summed E-state index contributed by atoms with van der Waals surface area (Å²) in [5.74, 6) is -0.469. The molecular formula is C19H18ClN3O3S. The smallest absolute Gasteiger partial charge is 0.271 e. The molecule has 2 N–H and O–H groups in total. The van der Waals surface area contributed by atoms with Crippen molar-refractivity contribution in [3.05, 3.63) is 70.8 Å². The molecule has 0 radical (unpaired) electrons. The van der Waals surface area contributed by atoms with Crippen molar-refractivity contribution in [2.75, 3.05) is 4.72 Å². The summed E-state index contributed by atoms with van der Waals surface area (Å²) in [5.41, 5.74) is 5.07. The number of carbonyl (C=O) groups excluding carboxylic acids is 1. The van der Waals surface area contributed by atoms with Crippen molar-refractivity contribution >= 4 is 38.9 Å². The number of halogens is 1. The number of amides is 1. The monoisotopic (exact) mass is 403 g/mol. The first-order valence-corrected chi connectivity index (χ1v) is 10.1. The standard InChI is InChI=1S/C19H18ClN3O3S/c1-13-5-8-17(11-13)21-22-19(24)14-3-2-4-18(12-14)27(25,26)23-16-9-6-15(20)7-10-16/h2-4,6-7,9-12,23H,5,8H2,1H3,(H,22,24)/b21-17-. The predicted molar refractivity (Wildman–Crippen MR) is 107 cm³/mol. The third kappa shape index (κ3) is 4.96. The largest absolute Gasteiger partial charge is 0.280 e. The predicted octanol–water partition coefficient (Wildman–Crippen LogP) is 3.97. The fourth-order valence-corrected chi connectivity index (χ4v) is 3.80. The maximum atomic E-state index is 12.6. The molecule has 1 aliphatic carbocycles. The van der Waals surface area contributed by atoms with E-state index in [0.29, 0.717) is 10.7 Å². The second kappa shape index (κ2) is 7.94. The summed E-state index contributed by atoms with van der Waals surface area (Å²) in [6.07, 6.45) is 3.64. The lowest BCUT2D eigenvalue weighted by atomic mass is 10.2. The quantitative estimate of drug-likeness (QED) is 0.740. The fraction of sp³-hybridized carbons (Fsp3) is 0.158. The Hall–Kier alpha value is -2.64. The number of allylic oxidation sites excluding steroid dienone is 2. The highest BCUT2D eigenvalue weighted by molar-refractivity contribution is 7.92. The van der Waals surface area contributed by atoms with Gasteiger partial charge in [0.05, 0.1) is 10.6 Å². The summed E-state index contributed by atoms with van der Waals surface area (Å²) in [6, 6.07) is 12.1. The molecule has 0 spiro atoms. The Bertz CT molecular complexity index is 1030. The number of carbonyl (C=O) groups is 1. The van der Waals surface area contributed by atoms with Gasteiger partial charge < -0.3 is 0 Å². The van der Waals surface area contributed by atoms with Gasteiger partial charge >= 0.3 is 0 Å². The van der Waals surface area contributed by atoms with Crippen molar-refractivity contribution in [2.24, 2.45) is 5.10 Å². The van der Waals surface area contributed by atoms with Crippen LogP contribution in [0.3, 0.4) is 0 Å². The van der Waals surface area contributed by atoms with Crippen molar-refractivity contribution in [1.29, 1.82) is 0 Å². The maximum absolute atomic E-state index is 12.6. The van der Waals surface area contributed by atoms with Gasteiger partial charge in [0.2, 0.25) is 0 Å². The zero-order chi connectivity index (χ0) is 19.4. The minimum absolute atomic E-state index is 0.0191. The fourth-order valence-electron chi connectivity index (χ4n) is 2.57. The topological polar surface area (TPSA) is 87.6 Å². The van der Waals surface area contributed by atoms with E-state index in [2.05, 4.69) is 15.2 Å². The lowest BCUT2D eigenvalue weighted by Gasteiger charge is -2.09. The Morgan fingerprint density at radius 2 is 1.85 bits per heavy atom. The van der Waals surface area contributed by atoms with Gasteiger partial charge in [0, 0.05) is 16.3 Å². The number of nitrogens with zero attached hydrogens (tertiary/aromatic N) is 1. The first kappa shape index (κ1) is 19.1. The number of nitrogens with one attached hydrogen (secondary N) is 2. The van der Waals surface area contributed by atoms with Gasteiger partial charge in [-0.15, -0.1) is 0 Å². The average Bonchev–Trinajstić information content (AvgIpc) is 3.07. The van der Waals surface area contributed by atoms with E-state index in [1.165, 1.54) is 29.8 Å². The zero-order valence-electron chi connectivity index (χ0n) is 14.6. The molecule has 0 saturated carbocycles. The summed E-state index contributed by atoms with van der Waals surface area (Å²) in [6.45, 7) is 2.01. The summed E-state index contributed by atoms with van der Waals surface area (Å²) in [7, 11) is -3.84. The molecule has 8 heteroatoms. The Balaban J connectivity index is 1.76. The highest BCUT2D eigenvalue weighted by atomic mass is 35.5. The second-order valence-corrected chi connectivity index (χ2v) is 8.29. The molecular weight excluding hydrogens is 386 g/mol. The molecule has 2 aromatic carbocycles. The third-order valence-electron chi connectivity index (χ3n) is 3.99. The molecule has 140 valence electrons. The summed E-state index contributed by atoms with van der Waals surface area (Å²) < 4.78 is 27.6. The molecule has 1 amide bonds. The number of hydrogen-bond acceptors (Lipinski definition) is 4. The Morgan fingerprint density at radius 3 is 2.52 bits per heavy atom. The first-order chi connectivity index (χ1) is 12.8. The molecule has 0 fully saturated rings. The second-order valence-electron chi connectivity index (χ2n) is 6.17. The van der Waals surface area contributed by atoms with Crippen LogP contribution in [-0.4, -0.2) is 20.0 Å². The van der Waals surface area contributed by atoms with Crippen molar-refractivity contribution in [2.45, 2.75) is 24.7 Å². The molecule has 0 bridgehead atoms. The number of rotatable bonds is 5. The van der Waals surface area contributed by atoms with Crippen molar-refractivity contribution in [1.82, 2.24) is 5.43 Å². The van der Waals surface area contributed by atoms with Gasteiger partial charge in [0.1, 0.15) is 0 Å². The van der Waals surface area contributed by atoms with E-state index in [4.69, 9.17) is 11.6 Å². The molecule has 0 unspecified atom stereocenters. The van der Waals surface area contributed by atoms with Crippen molar-refractivity contribution in [3.8, 4) is 0 Å². The Morgan fingerprint density at radius 1 is 1.11 bits per heavy atom. The van der Waals surface area contributed by atoms with E-state index in [1.807, 2.05) is 13.0 Å². The van der Waals surface area contributed by atoms with E-state index in [1.54, 1.807) is 24.3 Å². The van der Waals surface area contributed by atoms with Gasteiger partial charge in [-0.3, -0.25) is 9.52 Å². The van der Waals surface area contributed by atoms with Gasteiger partial charge in [0.25, 0.3) is 15.9 Å². The van der Waals surface area contributed by atoms with E-state index in [9.17, 15) is 13.2 Å². The van der Waals surface area contributed by atoms with Gasteiger partial charge in [-0.05, 0) is 68.3 Å². The average molecular weight is 404 g/mol. The normalized spacial score (nSPS) is 15.5. The zero-order valence-corrected chi connectivity index (χ0v) is 16.1. The lowest BCUT2D eigenvalue weighted by molar-refractivity contribution is 0.0954. The van der Waals surface area contributed by atoms with E-state index >= 15 is 0 Å². The minimum Gasteiger partial charge on any atom is -0.280 e. The van der Waals surface area contributed by atoms with Crippen molar-refractivity contribution < 1.29 is 13.2 Å². The van der Waals surface area contributed by atoms with Crippen LogP contribution in [0.2, 0.25) is 5.02 Å².